The lowest BCUT2D eigenvalue weighted by atomic mass is 10.2. The summed E-state index contributed by atoms with van der Waals surface area (Å²) in [5, 5.41) is 0. The van der Waals surface area contributed by atoms with Gasteiger partial charge in [0.25, 0.3) is 0 Å². The Morgan fingerprint density at radius 2 is 1.93 bits per heavy atom. The summed E-state index contributed by atoms with van der Waals surface area (Å²) in [6, 6.07) is 1.39. The van der Waals surface area contributed by atoms with E-state index in [1.165, 1.54) is 0 Å². The van der Waals surface area contributed by atoms with Crippen LogP contribution in [0.5, 0.6) is 5.75 Å². The molecule has 0 bridgehead atoms. The first-order valence-corrected chi connectivity index (χ1v) is 4.33. The molecule has 0 atom stereocenters. The topological polar surface area (TPSA) is 26.3 Å². The fourth-order valence-corrected chi connectivity index (χ4v) is 1.23. The molecule has 0 aliphatic heterocycles. The predicted octanol–water partition coefficient (Wildman–Crippen LogP) is 3.30. The van der Waals surface area contributed by atoms with Crippen LogP contribution in [-0.2, 0) is 0 Å². The molecule has 0 saturated carbocycles. The minimum atomic E-state index is -4.89. The van der Waals surface area contributed by atoms with Crippen LogP contribution in [0.25, 0.3) is 0 Å². The SMILES string of the molecule is O=Cc1cc(OC(F)(F)F)c(Br)cc1F. The van der Waals surface area contributed by atoms with Gasteiger partial charge in [0, 0.05) is 0 Å². The van der Waals surface area contributed by atoms with E-state index in [9.17, 15) is 22.4 Å². The lowest BCUT2D eigenvalue weighted by Crippen LogP contribution is -2.17. The first-order chi connectivity index (χ1) is 6.83. The molecule has 0 spiro atoms. The Morgan fingerprint density at radius 3 is 2.40 bits per heavy atom. The summed E-state index contributed by atoms with van der Waals surface area (Å²) in [6.07, 6.45) is -4.79. The summed E-state index contributed by atoms with van der Waals surface area (Å²) in [4.78, 5) is 10.3. The summed E-state index contributed by atoms with van der Waals surface area (Å²) in [6.45, 7) is 0. The van der Waals surface area contributed by atoms with E-state index in [4.69, 9.17) is 0 Å². The largest absolute Gasteiger partial charge is 0.573 e. The maximum Gasteiger partial charge on any atom is 0.573 e. The van der Waals surface area contributed by atoms with E-state index in [-0.39, 0.29) is 10.8 Å². The number of alkyl halides is 3. The van der Waals surface area contributed by atoms with Crippen LogP contribution >= 0.6 is 15.9 Å². The Balaban J connectivity index is 3.13. The Kier molecular flexibility index (Phi) is 3.33. The van der Waals surface area contributed by atoms with Crippen molar-refractivity contribution in [1.29, 1.82) is 0 Å². The normalized spacial score (nSPS) is 11.3. The van der Waals surface area contributed by atoms with Crippen molar-refractivity contribution >= 4 is 22.2 Å². The van der Waals surface area contributed by atoms with E-state index >= 15 is 0 Å². The lowest BCUT2D eigenvalue weighted by Gasteiger charge is -2.10. The summed E-state index contributed by atoms with van der Waals surface area (Å²) >= 11 is 2.68. The van der Waals surface area contributed by atoms with Crippen molar-refractivity contribution < 1.29 is 27.1 Å². The highest BCUT2D eigenvalue weighted by Crippen LogP contribution is 2.32. The third-order valence-electron chi connectivity index (χ3n) is 1.40. The standard InChI is InChI=1S/C8H3BrF4O2/c9-5-2-6(10)4(3-14)1-7(5)15-8(11,12)13/h1-3H. The smallest absolute Gasteiger partial charge is 0.405 e. The molecule has 0 aliphatic carbocycles. The Morgan fingerprint density at radius 1 is 1.33 bits per heavy atom. The molecule has 0 unspecified atom stereocenters. The highest BCUT2D eigenvalue weighted by molar-refractivity contribution is 9.10. The molecule has 0 radical (unpaired) electrons. The average Bonchev–Trinajstić information content (AvgIpc) is 2.07. The van der Waals surface area contributed by atoms with Crippen molar-refractivity contribution in [3.8, 4) is 5.75 Å². The number of carbonyl (C=O) groups is 1. The Hall–Kier alpha value is -1.11. The zero-order valence-corrected chi connectivity index (χ0v) is 8.52. The van der Waals surface area contributed by atoms with Gasteiger partial charge in [0.05, 0.1) is 10.0 Å². The maximum absolute atomic E-state index is 12.9. The molecule has 0 heterocycles. The Labute approximate surface area is 90.0 Å². The lowest BCUT2D eigenvalue weighted by molar-refractivity contribution is -0.274. The van der Waals surface area contributed by atoms with Gasteiger partial charge >= 0.3 is 6.36 Å². The van der Waals surface area contributed by atoms with Gasteiger partial charge in [-0.3, -0.25) is 4.79 Å². The second kappa shape index (κ2) is 4.18. The van der Waals surface area contributed by atoms with Crippen molar-refractivity contribution in [2.24, 2.45) is 0 Å². The summed E-state index contributed by atoms with van der Waals surface area (Å²) in [5.74, 6) is -1.59. The van der Waals surface area contributed by atoms with Crippen molar-refractivity contribution in [2.75, 3.05) is 0 Å². The molecule has 82 valence electrons. The van der Waals surface area contributed by atoms with Crippen LogP contribution in [0.3, 0.4) is 0 Å². The molecule has 0 N–H and O–H groups in total. The van der Waals surface area contributed by atoms with Crippen molar-refractivity contribution in [2.45, 2.75) is 6.36 Å². The minimum Gasteiger partial charge on any atom is -0.405 e. The van der Waals surface area contributed by atoms with Gasteiger partial charge in [0.1, 0.15) is 11.6 Å². The second-order valence-electron chi connectivity index (χ2n) is 2.47. The fourth-order valence-electron chi connectivity index (χ4n) is 0.838. The molecule has 1 rings (SSSR count). The molecule has 0 aliphatic rings. The number of rotatable bonds is 2. The van der Waals surface area contributed by atoms with E-state index < -0.39 is 23.5 Å². The number of aldehydes is 1. The zero-order chi connectivity index (χ0) is 11.6. The molecule has 1 aromatic carbocycles. The molecule has 1 aromatic rings. The molecule has 0 saturated heterocycles. The first-order valence-electron chi connectivity index (χ1n) is 3.53. The molecule has 0 amide bonds. The highest BCUT2D eigenvalue weighted by Gasteiger charge is 2.32. The van der Waals surface area contributed by atoms with E-state index in [2.05, 4.69) is 20.7 Å². The summed E-state index contributed by atoms with van der Waals surface area (Å²) in [7, 11) is 0. The van der Waals surface area contributed by atoms with E-state index in [0.717, 1.165) is 6.07 Å². The van der Waals surface area contributed by atoms with Crippen LogP contribution in [-0.4, -0.2) is 12.6 Å². The molecule has 15 heavy (non-hydrogen) atoms. The van der Waals surface area contributed by atoms with Crippen LogP contribution in [0.15, 0.2) is 16.6 Å². The zero-order valence-electron chi connectivity index (χ0n) is 6.94. The van der Waals surface area contributed by atoms with E-state index in [1.807, 2.05) is 0 Å². The van der Waals surface area contributed by atoms with Crippen LogP contribution < -0.4 is 4.74 Å². The molecular formula is C8H3BrF4O2. The van der Waals surface area contributed by atoms with Gasteiger partial charge < -0.3 is 4.74 Å². The number of benzene rings is 1. The fraction of sp³-hybridized carbons (Fsp3) is 0.125. The monoisotopic (exact) mass is 286 g/mol. The van der Waals surface area contributed by atoms with Gasteiger partial charge in [-0.05, 0) is 28.1 Å². The molecule has 7 heteroatoms. The first kappa shape index (κ1) is 12.0. The van der Waals surface area contributed by atoms with E-state index in [1.54, 1.807) is 0 Å². The third kappa shape index (κ3) is 3.19. The second-order valence-corrected chi connectivity index (χ2v) is 3.32. The van der Waals surface area contributed by atoms with Gasteiger partial charge in [0.15, 0.2) is 6.29 Å². The van der Waals surface area contributed by atoms with Gasteiger partial charge in [-0.2, -0.15) is 0 Å². The van der Waals surface area contributed by atoms with Crippen LogP contribution in [0.1, 0.15) is 10.4 Å². The van der Waals surface area contributed by atoms with Crippen LogP contribution in [0, 0.1) is 5.82 Å². The maximum atomic E-state index is 12.9. The van der Waals surface area contributed by atoms with Crippen LogP contribution in [0.4, 0.5) is 17.6 Å². The number of hydrogen-bond donors (Lipinski definition) is 0. The average molecular weight is 287 g/mol. The van der Waals surface area contributed by atoms with Gasteiger partial charge in [0.2, 0.25) is 0 Å². The third-order valence-corrected chi connectivity index (χ3v) is 2.02. The summed E-state index contributed by atoms with van der Waals surface area (Å²) < 4.78 is 51.7. The van der Waals surface area contributed by atoms with E-state index in [0.29, 0.717) is 6.07 Å². The highest BCUT2D eigenvalue weighted by atomic mass is 79.9. The number of ether oxygens (including phenoxy) is 1. The predicted molar refractivity (Wildman–Crippen MR) is 46.2 cm³/mol. The van der Waals surface area contributed by atoms with Crippen molar-refractivity contribution in [1.82, 2.24) is 0 Å². The molecule has 0 fully saturated rings. The number of carbonyl (C=O) groups excluding carboxylic acids is 1. The van der Waals surface area contributed by atoms with Crippen LogP contribution in [0.2, 0.25) is 0 Å². The van der Waals surface area contributed by atoms with Crippen molar-refractivity contribution in [3.63, 3.8) is 0 Å². The Bertz CT molecular complexity index is 389. The summed E-state index contributed by atoms with van der Waals surface area (Å²) in [5.41, 5.74) is -0.502. The number of halogens is 5. The quantitative estimate of drug-likeness (QED) is 0.616. The minimum absolute atomic E-state index is 0.102. The van der Waals surface area contributed by atoms with Gasteiger partial charge in [-0.1, -0.05) is 0 Å². The number of hydrogen-bond acceptors (Lipinski definition) is 2. The molecule has 0 aromatic heterocycles. The molecular weight excluding hydrogens is 284 g/mol. The van der Waals surface area contributed by atoms with Gasteiger partial charge in [-0.25, -0.2) is 4.39 Å². The van der Waals surface area contributed by atoms with Crippen molar-refractivity contribution in [3.05, 3.63) is 28.0 Å². The van der Waals surface area contributed by atoms with Gasteiger partial charge in [-0.15, -0.1) is 13.2 Å². The molecule has 2 nitrogen and oxygen atoms in total.